The van der Waals surface area contributed by atoms with Gasteiger partial charge < -0.3 is 25.0 Å². The van der Waals surface area contributed by atoms with Gasteiger partial charge in [0.15, 0.2) is 5.96 Å². The van der Waals surface area contributed by atoms with Crippen molar-refractivity contribution in [2.45, 2.75) is 52.2 Å². The Labute approximate surface area is 199 Å². The van der Waals surface area contributed by atoms with E-state index in [2.05, 4.69) is 54.6 Å². The summed E-state index contributed by atoms with van der Waals surface area (Å²) in [6, 6.07) is 6.37. The number of hydrogen-bond donors (Lipinski definition) is 2. The molecule has 1 atom stereocenters. The van der Waals surface area contributed by atoms with Crippen molar-refractivity contribution in [2.75, 3.05) is 46.4 Å². The molecule has 0 radical (unpaired) electrons. The van der Waals surface area contributed by atoms with Crippen LogP contribution in [-0.2, 0) is 11.3 Å². The molecule has 2 heterocycles. The van der Waals surface area contributed by atoms with E-state index in [9.17, 15) is 0 Å². The average Bonchev–Trinajstić information content (AvgIpc) is 3.24. The van der Waals surface area contributed by atoms with Crippen LogP contribution in [0.25, 0.3) is 0 Å². The second kappa shape index (κ2) is 13.4. The number of ether oxygens (including phenoxy) is 2. The predicted octanol–water partition coefficient (Wildman–Crippen LogP) is 3.57. The molecule has 2 N–H and O–H groups in total. The SMILES string of the molecule is CCNC(=NCc1ccc(C)cc1OCC1CCCO1)NCC1CCN(C)CC1.I. The highest BCUT2D eigenvalue weighted by atomic mass is 127. The summed E-state index contributed by atoms with van der Waals surface area (Å²) >= 11 is 0. The predicted molar refractivity (Wildman–Crippen MR) is 134 cm³/mol. The zero-order valence-corrected chi connectivity index (χ0v) is 21.1. The van der Waals surface area contributed by atoms with Crippen molar-refractivity contribution >= 4 is 29.9 Å². The molecule has 0 saturated carbocycles. The van der Waals surface area contributed by atoms with E-state index in [1.54, 1.807) is 0 Å². The van der Waals surface area contributed by atoms with Crippen molar-refractivity contribution in [1.29, 1.82) is 0 Å². The molecule has 2 fully saturated rings. The number of halogens is 1. The number of benzene rings is 1. The first-order valence-corrected chi connectivity index (χ1v) is 11.2. The lowest BCUT2D eigenvalue weighted by Gasteiger charge is -2.29. The van der Waals surface area contributed by atoms with Gasteiger partial charge in [-0.1, -0.05) is 12.1 Å². The standard InChI is InChI=1S/C23H38N4O2.HI/c1-4-24-23(25-15-19-9-11-27(3)12-10-19)26-16-20-8-7-18(2)14-22(20)29-17-21-6-5-13-28-21;/h7-8,14,19,21H,4-6,9-13,15-17H2,1-3H3,(H2,24,25,26);1H. The smallest absolute Gasteiger partial charge is 0.191 e. The van der Waals surface area contributed by atoms with E-state index in [1.165, 1.54) is 31.5 Å². The summed E-state index contributed by atoms with van der Waals surface area (Å²) in [5, 5.41) is 6.92. The van der Waals surface area contributed by atoms with E-state index in [0.29, 0.717) is 13.2 Å². The third-order valence-electron chi connectivity index (χ3n) is 5.82. The monoisotopic (exact) mass is 530 g/mol. The molecule has 2 aliphatic heterocycles. The number of piperidine rings is 1. The molecule has 0 aromatic heterocycles. The molecule has 1 aromatic carbocycles. The van der Waals surface area contributed by atoms with Crippen LogP contribution in [0.2, 0.25) is 0 Å². The van der Waals surface area contributed by atoms with Gasteiger partial charge in [0.2, 0.25) is 0 Å². The van der Waals surface area contributed by atoms with Crippen molar-refractivity contribution in [3.8, 4) is 5.75 Å². The maximum absolute atomic E-state index is 6.12. The van der Waals surface area contributed by atoms with Crippen LogP contribution in [0.1, 0.15) is 43.7 Å². The lowest BCUT2D eigenvalue weighted by molar-refractivity contribution is 0.0676. The number of rotatable bonds is 8. The fourth-order valence-corrected chi connectivity index (χ4v) is 3.90. The Morgan fingerprint density at radius 3 is 2.73 bits per heavy atom. The van der Waals surface area contributed by atoms with Gasteiger partial charge in [0.05, 0.1) is 12.6 Å². The zero-order valence-electron chi connectivity index (χ0n) is 18.8. The van der Waals surface area contributed by atoms with E-state index < -0.39 is 0 Å². The van der Waals surface area contributed by atoms with Gasteiger partial charge in [-0.05, 0) is 77.2 Å². The molecule has 3 rings (SSSR count). The van der Waals surface area contributed by atoms with Gasteiger partial charge in [-0.2, -0.15) is 0 Å². The number of guanidine groups is 1. The summed E-state index contributed by atoms with van der Waals surface area (Å²) in [4.78, 5) is 7.23. The Balaban J connectivity index is 0.00000320. The Morgan fingerprint density at radius 2 is 2.03 bits per heavy atom. The lowest BCUT2D eigenvalue weighted by atomic mass is 9.97. The van der Waals surface area contributed by atoms with Gasteiger partial charge in [-0.15, -0.1) is 24.0 Å². The molecule has 1 aromatic rings. The molecule has 2 saturated heterocycles. The summed E-state index contributed by atoms with van der Waals surface area (Å²) in [6.45, 7) is 10.5. The topological polar surface area (TPSA) is 58.1 Å². The first-order valence-electron chi connectivity index (χ1n) is 11.2. The molecule has 7 heteroatoms. The summed E-state index contributed by atoms with van der Waals surface area (Å²) < 4.78 is 11.8. The Hall–Kier alpha value is -1.06. The molecule has 0 spiro atoms. The summed E-state index contributed by atoms with van der Waals surface area (Å²) in [5.41, 5.74) is 2.32. The fourth-order valence-electron chi connectivity index (χ4n) is 3.90. The van der Waals surface area contributed by atoms with E-state index in [-0.39, 0.29) is 30.1 Å². The van der Waals surface area contributed by atoms with Crippen LogP contribution in [-0.4, -0.2) is 63.4 Å². The number of nitrogens with one attached hydrogen (secondary N) is 2. The molecule has 170 valence electrons. The van der Waals surface area contributed by atoms with Crippen LogP contribution in [0.5, 0.6) is 5.75 Å². The summed E-state index contributed by atoms with van der Waals surface area (Å²) in [5.74, 6) is 2.53. The van der Waals surface area contributed by atoms with Gasteiger partial charge in [-0.25, -0.2) is 4.99 Å². The van der Waals surface area contributed by atoms with E-state index in [1.807, 2.05) is 0 Å². The number of nitrogens with zero attached hydrogens (tertiary/aromatic N) is 2. The van der Waals surface area contributed by atoms with Gasteiger partial charge in [0.25, 0.3) is 0 Å². The minimum Gasteiger partial charge on any atom is -0.491 e. The molecule has 2 aliphatic rings. The highest BCUT2D eigenvalue weighted by Crippen LogP contribution is 2.23. The molecular formula is C23H39IN4O2. The van der Waals surface area contributed by atoms with E-state index in [0.717, 1.165) is 55.7 Å². The second-order valence-electron chi connectivity index (χ2n) is 8.38. The van der Waals surface area contributed by atoms with Gasteiger partial charge in [-0.3, -0.25) is 0 Å². The fraction of sp³-hybridized carbons (Fsp3) is 0.696. The highest BCUT2D eigenvalue weighted by Gasteiger charge is 2.18. The van der Waals surface area contributed by atoms with Crippen LogP contribution in [0.4, 0.5) is 0 Å². The molecule has 30 heavy (non-hydrogen) atoms. The first-order chi connectivity index (χ1) is 14.1. The molecule has 6 nitrogen and oxygen atoms in total. The first kappa shape index (κ1) is 25.2. The molecular weight excluding hydrogens is 491 g/mol. The summed E-state index contributed by atoms with van der Waals surface area (Å²) in [6.07, 6.45) is 4.95. The third-order valence-corrected chi connectivity index (χ3v) is 5.82. The van der Waals surface area contributed by atoms with Crippen LogP contribution in [0, 0.1) is 12.8 Å². The van der Waals surface area contributed by atoms with Crippen molar-refractivity contribution in [2.24, 2.45) is 10.9 Å². The van der Waals surface area contributed by atoms with Crippen LogP contribution < -0.4 is 15.4 Å². The van der Waals surface area contributed by atoms with E-state index in [4.69, 9.17) is 14.5 Å². The number of hydrogen-bond acceptors (Lipinski definition) is 4. The number of aryl methyl sites for hydroxylation is 1. The van der Waals surface area contributed by atoms with Crippen molar-refractivity contribution in [3.05, 3.63) is 29.3 Å². The number of aliphatic imine (C=N–C) groups is 1. The minimum absolute atomic E-state index is 0. The quantitative estimate of drug-likeness (QED) is 0.306. The van der Waals surface area contributed by atoms with Gasteiger partial charge >= 0.3 is 0 Å². The third kappa shape index (κ3) is 8.23. The van der Waals surface area contributed by atoms with E-state index >= 15 is 0 Å². The molecule has 1 unspecified atom stereocenters. The molecule has 0 bridgehead atoms. The highest BCUT2D eigenvalue weighted by molar-refractivity contribution is 14.0. The maximum Gasteiger partial charge on any atom is 0.191 e. The summed E-state index contributed by atoms with van der Waals surface area (Å²) in [7, 11) is 2.20. The Morgan fingerprint density at radius 1 is 1.23 bits per heavy atom. The molecule has 0 amide bonds. The van der Waals surface area contributed by atoms with Crippen LogP contribution in [0.15, 0.2) is 23.2 Å². The lowest BCUT2D eigenvalue weighted by Crippen LogP contribution is -2.42. The molecule has 0 aliphatic carbocycles. The van der Waals surface area contributed by atoms with Crippen LogP contribution >= 0.6 is 24.0 Å². The van der Waals surface area contributed by atoms with Crippen molar-refractivity contribution < 1.29 is 9.47 Å². The average molecular weight is 530 g/mol. The second-order valence-corrected chi connectivity index (χ2v) is 8.38. The van der Waals surface area contributed by atoms with Crippen LogP contribution in [0.3, 0.4) is 0 Å². The maximum atomic E-state index is 6.12. The normalized spacial score (nSPS) is 20.6. The zero-order chi connectivity index (χ0) is 20.5. The number of likely N-dealkylation sites (tertiary alicyclic amines) is 1. The van der Waals surface area contributed by atoms with Gasteiger partial charge in [0.1, 0.15) is 12.4 Å². The van der Waals surface area contributed by atoms with Crippen molar-refractivity contribution in [1.82, 2.24) is 15.5 Å². The largest absolute Gasteiger partial charge is 0.491 e. The minimum atomic E-state index is 0. The van der Waals surface area contributed by atoms with Crippen molar-refractivity contribution in [3.63, 3.8) is 0 Å². The Bertz CT molecular complexity index is 657. The van der Waals surface area contributed by atoms with Gasteiger partial charge in [0, 0.05) is 25.3 Å². The Kier molecular flexibility index (Phi) is 11.2.